The summed E-state index contributed by atoms with van der Waals surface area (Å²) >= 11 is 6.28. The number of fused-ring (bicyclic) bond motifs is 1. The van der Waals surface area contributed by atoms with Gasteiger partial charge in [0.05, 0.1) is 10.7 Å². The molecule has 0 bridgehead atoms. The van der Waals surface area contributed by atoms with Crippen LogP contribution in [0.3, 0.4) is 0 Å². The van der Waals surface area contributed by atoms with Gasteiger partial charge in [-0.05, 0) is 49.7 Å². The van der Waals surface area contributed by atoms with Gasteiger partial charge < -0.3 is 15.0 Å². The second-order valence-corrected chi connectivity index (χ2v) is 12.1. The molecule has 2 aromatic carbocycles. The fraction of sp³-hybridized carbons (Fsp3) is 0.462. The molecule has 3 aliphatic heterocycles. The highest BCUT2D eigenvalue weighted by Gasteiger charge is 2.36. The van der Waals surface area contributed by atoms with Crippen molar-refractivity contribution in [2.45, 2.75) is 37.0 Å². The third-order valence-electron chi connectivity index (χ3n) is 7.38. The van der Waals surface area contributed by atoms with Crippen LogP contribution in [0.15, 0.2) is 47.4 Å². The molecule has 5 rings (SSSR count). The van der Waals surface area contributed by atoms with Crippen molar-refractivity contribution in [2.24, 2.45) is 11.8 Å². The Morgan fingerprint density at radius 1 is 1.03 bits per heavy atom. The van der Waals surface area contributed by atoms with Crippen LogP contribution in [0.5, 0.6) is 5.75 Å². The number of rotatable bonds is 5. The number of hydrogen-bond donors (Lipinski definition) is 1. The Balaban J connectivity index is 1.16. The lowest BCUT2D eigenvalue weighted by molar-refractivity contribution is -0.138. The number of anilines is 1. The predicted octanol–water partition coefficient (Wildman–Crippen LogP) is 3.55. The molecule has 0 atom stereocenters. The van der Waals surface area contributed by atoms with Crippen LogP contribution in [-0.2, 0) is 26.0 Å². The molecular formula is C26H30ClN3O5S. The number of benzene rings is 2. The largest absolute Gasteiger partial charge is 0.482 e. The topological polar surface area (TPSA) is 96.0 Å². The van der Waals surface area contributed by atoms with E-state index in [4.69, 9.17) is 16.3 Å². The molecule has 0 aliphatic carbocycles. The van der Waals surface area contributed by atoms with E-state index >= 15 is 0 Å². The number of ether oxygens (including phenoxy) is 1. The van der Waals surface area contributed by atoms with Crippen molar-refractivity contribution in [3.05, 3.63) is 53.1 Å². The zero-order valence-electron chi connectivity index (χ0n) is 20.0. The number of carbonyl (C=O) groups is 2. The van der Waals surface area contributed by atoms with E-state index in [2.05, 4.69) is 29.6 Å². The van der Waals surface area contributed by atoms with E-state index in [-0.39, 0.29) is 53.1 Å². The summed E-state index contributed by atoms with van der Waals surface area (Å²) in [5, 5.41) is 2.65. The van der Waals surface area contributed by atoms with Gasteiger partial charge in [0.25, 0.3) is 5.91 Å². The van der Waals surface area contributed by atoms with Gasteiger partial charge in [-0.2, -0.15) is 4.31 Å². The van der Waals surface area contributed by atoms with Gasteiger partial charge in [-0.25, -0.2) is 8.42 Å². The van der Waals surface area contributed by atoms with Crippen molar-refractivity contribution in [3.8, 4) is 5.75 Å². The lowest BCUT2D eigenvalue weighted by atomic mass is 9.89. The SMILES string of the molecule is O=C1COc2cc(S(=O)(=O)N3CCC(C(=O)N4CCC(Cc5ccccc5)CC4)CC3)c(Cl)cc2N1. The quantitative estimate of drug-likeness (QED) is 0.636. The van der Waals surface area contributed by atoms with Crippen LogP contribution in [0, 0.1) is 11.8 Å². The second kappa shape index (κ2) is 10.4. The van der Waals surface area contributed by atoms with Gasteiger partial charge >= 0.3 is 0 Å². The van der Waals surface area contributed by atoms with Crippen molar-refractivity contribution in [2.75, 3.05) is 38.1 Å². The number of hydrogen-bond acceptors (Lipinski definition) is 5. The Bertz CT molecular complexity index is 1240. The zero-order chi connectivity index (χ0) is 25.3. The van der Waals surface area contributed by atoms with E-state index in [1.165, 1.54) is 22.0 Å². The van der Waals surface area contributed by atoms with Gasteiger partial charge in [0.15, 0.2) is 6.61 Å². The molecular weight excluding hydrogens is 502 g/mol. The van der Waals surface area contributed by atoms with Crippen molar-refractivity contribution in [3.63, 3.8) is 0 Å². The molecule has 0 aromatic heterocycles. The molecule has 3 heterocycles. The van der Waals surface area contributed by atoms with Gasteiger partial charge in [0, 0.05) is 38.2 Å². The van der Waals surface area contributed by atoms with E-state index in [0.29, 0.717) is 24.4 Å². The molecule has 2 amide bonds. The first kappa shape index (κ1) is 25.0. The first-order chi connectivity index (χ1) is 17.3. The zero-order valence-corrected chi connectivity index (χ0v) is 21.6. The molecule has 192 valence electrons. The van der Waals surface area contributed by atoms with Gasteiger partial charge in [0.2, 0.25) is 15.9 Å². The van der Waals surface area contributed by atoms with E-state index in [0.717, 1.165) is 32.4 Å². The first-order valence-corrected chi connectivity index (χ1v) is 14.2. The Labute approximate surface area is 216 Å². The number of nitrogens with one attached hydrogen (secondary N) is 1. The third kappa shape index (κ3) is 5.23. The normalized spacial score (nSPS) is 19.9. The second-order valence-electron chi connectivity index (χ2n) is 9.75. The van der Waals surface area contributed by atoms with Crippen LogP contribution < -0.4 is 10.1 Å². The minimum atomic E-state index is -3.87. The summed E-state index contributed by atoms with van der Waals surface area (Å²) in [6.45, 7) is 1.86. The van der Waals surface area contributed by atoms with Crippen molar-refractivity contribution >= 4 is 39.1 Å². The van der Waals surface area contributed by atoms with Gasteiger partial charge in [-0.15, -0.1) is 0 Å². The monoisotopic (exact) mass is 531 g/mol. The Morgan fingerprint density at radius 2 is 1.72 bits per heavy atom. The van der Waals surface area contributed by atoms with E-state index in [1.807, 2.05) is 11.0 Å². The molecule has 2 fully saturated rings. The molecule has 1 N–H and O–H groups in total. The fourth-order valence-corrected chi connectivity index (χ4v) is 7.31. The molecule has 2 aromatic rings. The van der Waals surface area contributed by atoms with Crippen molar-refractivity contribution in [1.29, 1.82) is 0 Å². The summed E-state index contributed by atoms with van der Waals surface area (Å²) in [5.41, 5.74) is 1.69. The van der Waals surface area contributed by atoms with E-state index < -0.39 is 10.0 Å². The smallest absolute Gasteiger partial charge is 0.262 e. The summed E-state index contributed by atoms with van der Waals surface area (Å²) in [6, 6.07) is 13.2. The Kier molecular flexibility index (Phi) is 7.23. The lowest BCUT2D eigenvalue weighted by Gasteiger charge is -2.37. The predicted molar refractivity (Wildman–Crippen MR) is 137 cm³/mol. The van der Waals surface area contributed by atoms with Gasteiger partial charge in [0.1, 0.15) is 10.6 Å². The van der Waals surface area contributed by atoms with Crippen LogP contribution in [0.2, 0.25) is 5.02 Å². The maximum atomic E-state index is 13.3. The summed E-state index contributed by atoms with van der Waals surface area (Å²) in [4.78, 5) is 26.6. The molecule has 10 heteroatoms. The Hall–Kier alpha value is -2.62. The lowest BCUT2D eigenvalue weighted by Crippen LogP contribution is -2.46. The number of halogens is 1. The summed E-state index contributed by atoms with van der Waals surface area (Å²) in [7, 11) is -3.87. The number of nitrogens with zero attached hydrogens (tertiary/aromatic N) is 2. The van der Waals surface area contributed by atoms with Crippen LogP contribution >= 0.6 is 11.6 Å². The van der Waals surface area contributed by atoms with Gasteiger partial charge in [-0.3, -0.25) is 9.59 Å². The minimum Gasteiger partial charge on any atom is -0.482 e. The van der Waals surface area contributed by atoms with Crippen LogP contribution in [0.1, 0.15) is 31.2 Å². The standard InChI is InChI=1S/C26H30ClN3O5S/c27-21-15-22-23(35-17-25(31)28-22)16-24(21)36(33,34)30-12-8-20(9-13-30)26(32)29-10-6-19(7-11-29)14-18-4-2-1-3-5-18/h1-5,15-16,19-20H,6-14,17H2,(H,28,31). The Morgan fingerprint density at radius 3 is 2.42 bits per heavy atom. The maximum Gasteiger partial charge on any atom is 0.262 e. The number of sulfonamides is 1. The first-order valence-electron chi connectivity index (χ1n) is 12.4. The fourth-order valence-electron chi connectivity index (χ4n) is 5.32. The number of amides is 2. The van der Waals surface area contributed by atoms with Crippen molar-refractivity contribution < 1.29 is 22.7 Å². The van der Waals surface area contributed by atoms with Crippen LogP contribution in [0.25, 0.3) is 0 Å². The average Bonchev–Trinajstić information content (AvgIpc) is 2.89. The molecule has 0 saturated carbocycles. The highest BCUT2D eigenvalue weighted by Crippen LogP contribution is 2.37. The van der Waals surface area contributed by atoms with E-state index in [9.17, 15) is 18.0 Å². The molecule has 0 unspecified atom stereocenters. The molecule has 2 saturated heterocycles. The molecule has 0 spiro atoms. The van der Waals surface area contributed by atoms with Crippen LogP contribution in [0.4, 0.5) is 5.69 Å². The van der Waals surface area contributed by atoms with Crippen LogP contribution in [-0.4, -0.2) is 62.2 Å². The third-order valence-corrected chi connectivity index (χ3v) is 9.74. The minimum absolute atomic E-state index is 0.0242. The van der Waals surface area contributed by atoms with E-state index in [1.54, 1.807) is 0 Å². The summed E-state index contributed by atoms with van der Waals surface area (Å²) in [6.07, 6.45) is 4.00. The summed E-state index contributed by atoms with van der Waals surface area (Å²) in [5.74, 6) is 0.516. The van der Waals surface area contributed by atoms with Crippen molar-refractivity contribution in [1.82, 2.24) is 9.21 Å². The maximum absolute atomic E-state index is 13.3. The molecule has 8 nitrogen and oxygen atoms in total. The number of carbonyl (C=O) groups excluding carboxylic acids is 2. The molecule has 36 heavy (non-hydrogen) atoms. The highest BCUT2D eigenvalue weighted by atomic mass is 35.5. The average molecular weight is 532 g/mol. The number of likely N-dealkylation sites (tertiary alicyclic amines) is 1. The molecule has 3 aliphatic rings. The summed E-state index contributed by atoms with van der Waals surface area (Å²) < 4.78 is 33.4. The number of piperidine rings is 2. The van der Waals surface area contributed by atoms with Gasteiger partial charge in [-0.1, -0.05) is 41.9 Å². The molecule has 0 radical (unpaired) electrons. The highest BCUT2D eigenvalue weighted by molar-refractivity contribution is 7.89.